The van der Waals surface area contributed by atoms with E-state index in [0.29, 0.717) is 22.8 Å². The molecule has 3 rings (SSSR count). The minimum atomic E-state index is -1.14. The van der Waals surface area contributed by atoms with E-state index in [4.69, 9.17) is 9.47 Å². The maximum absolute atomic E-state index is 12.9. The number of aliphatic hydroxyl groups is 2. The van der Waals surface area contributed by atoms with Crippen LogP contribution in [0.15, 0.2) is 12.5 Å². The third kappa shape index (κ3) is 4.20. The molecule has 1 aliphatic rings. The molecule has 9 nitrogen and oxygen atoms in total. The van der Waals surface area contributed by atoms with Crippen molar-refractivity contribution < 1.29 is 24.5 Å². The van der Waals surface area contributed by atoms with Gasteiger partial charge in [0.1, 0.15) is 36.1 Å². The van der Waals surface area contributed by atoms with E-state index in [1.165, 1.54) is 13.4 Å². The maximum Gasteiger partial charge on any atom is 0.231 e. The van der Waals surface area contributed by atoms with Gasteiger partial charge >= 0.3 is 0 Å². The van der Waals surface area contributed by atoms with Crippen LogP contribution in [0, 0.1) is 18.3 Å². The van der Waals surface area contributed by atoms with Gasteiger partial charge in [-0.05, 0) is 24.8 Å². The monoisotopic (exact) mass is 420 g/mol. The third-order valence-corrected chi connectivity index (χ3v) is 5.51. The summed E-state index contributed by atoms with van der Waals surface area (Å²) >= 11 is 0. The number of aliphatic hydroxyl groups excluding tert-OH is 2. The van der Waals surface area contributed by atoms with Crippen LogP contribution in [-0.4, -0.2) is 62.7 Å². The van der Waals surface area contributed by atoms with Crippen molar-refractivity contribution in [1.29, 1.82) is 0 Å². The van der Waals surface area contributed by atoms with E-state index in [-0.39, 0.29) is 12.5 Å². The molecule has 2 aromatic heterocycles. The van der Waals surface area contributed by atoms with E-state index >= 15 is 0 Å². The first kappa shape index (κ1) is 22.6. The van der Waals surface area contributed by atoms with Crippen LogP contribution in [0.1, 0.15) is 45.9 Å². The van der Waals surface area contributed by atoms with Crippen LogP contribution in [0.25, 0.3) is 11.0 Å². The molecule has 0 radical (unpaired) electrons. The van der Waals surface area contributed by atoms with Gasteiger partial charge in [0.2, 0.25) is 5.91 Å². The molecule has 3 N–H and O–H groups in total. The number of ether oxygens (including phenoxy) is 2. The molecule has 0 aromatic carbocycles. The van der Waals surface area contributed by atoms with Gasteiger partial charge in [-0.2, -0.15) is 0 Å². The summed E-state index contributed by atoms with van der Waals surface area (Å²) in [4.78, 5) is 21.5. The van der Waals surface area contributed by atoms with Gasteiger partial charge in [0.25, 0.3) is 0 Å². The van der Waals surface area contributed by atoms with Crippen molar-refractivity contribution in [2.75, 3.05) is 19.0 Å². The summed E-state index contributed by atoms with van der Waals surface area (Å²) in [5, 5.41) is 24.4. The molecule has 1 aliphatic heterocycles. The van der Waals surface area contributed by atoms with Crippen LogP contribution in [0.3, 0.4) is 0 Å². The van der Waals surface area contributed by atoms with E-state index in [1.54, 1.807) is 10.8 Å². The molecule has 0 spiro atoms. The number of hydrogen-bond acceptors (Lipinski definition) is 7. The Kier molecular flexibility index (Phi) is 6.47. The van der Waals surface area contributed by atoms with Crippen LogP contribution >= 0.6 is 0 Å². The largest absolute Gasteiger partial charge is 0.387 e. The quantitative estimate of drug-likeness (QED) is 0.627. The summed E-state index contributed by atoms with van der Waals surface area (Å²) in [5.41, 5.74) is 0.779. The predicted molar refractivity (Wildman–Crippen MR) is 112 cm³/mol. The number of carbonyl (C=O) groups is 1. The van der Waals surface area contributed by atoms with Gasteiger partial charge in [-0.1, -0.05) is 27.7 Å². The summed E-state index contributed by atoms with van der Waals surface area (Å²) in [5.74, 6) is 0.683. The van der Waals surface area contributed by atoms with Crippen molar-refractivity contribution in [3.8, 4) is 0 Å². The highest BCUT2D eigenvalue weighted by molar-refractivity contribution is 6.02. The lowest BCUT2D eigenvalue weighted by atomic mass is 9.83. The van der Waals surface area contributed by atoms with Gasteiger partial charge in [-0.25, -0.2) is 9.97 Å². The van der Waals surface area contributed by atoms with Gasteiger partial charge in [0.15, 0.2) is 6.23 Å². The number of anilines is 1. The maximum atomic E-state index is 12.9. The van der Waals surface area contributed by atoms with Gasteiger partial charge in [-0.3, -0.25) is 4.79 Å². The van der Waals surface area contributed by atoms with E-state index < -0.39 is 30.0 Å². The Balaban J connectivity index is 1.94. The van der Waals surface area contributed by atoms with Gasteiger partial charge < -0.3 is 29.6 Å². The molecular formula is C21H32N4O5. The standard InChI is InChI=1S/C21H32N4O5/c1-11(2)7-21(4,5)20(28)24-17-14-12(3)8-25(18(14)23-10-22-17)19-16(27)15(26)13(30-19)9-29-6/h8,10-11,13,15-16,19,26-27H,7,9H2,1-6H3,(H,22,23,24,28)/t13-,15?,16+,19-/m1/s1. The molecule has 1 saturated heterocycles. The second kappa shape index (κ2) is 8.58. The smallest absolute Gasteiger partial charge is 0.231 e. The number of rotatable bonds is 7. The average Bonchev–Trinajstić information content (AvgIpc) is 3.13. The zero-order valence-corrected chi connectivity index (χ0v) is 18.4. The molecule has 1 fully saturated rings. The van der Waals surface area contributed by atoms with Crippen molar-refractivity contribution in [3.63, 3.8) is 0 Å². The Bertz CT molecular complexity index is 910. The average molecular weight is 421 g/mol. The van der Waals surface area contributed by atoms with Crippen LogP contribution in [0.4, 0.5) is 5.82 Å². The number of fused-ring (bicyclic) bond motifs is 1. The van der Waals surface area contributed by atoms with Crippen molar-refractivity contribution >= 4 is 22.8 Å². The highest BCUT2D eigenvalue weighted by atomic mass is 16.6. The molecule has 0 aliphatic carbocycles. The molecular weight excluding hydrogens is 388 g/mol. The fourth-order valence-corrected chi connectivity index (χ4v) is 4.21. The summed E-state index contributed by atoms with van der Waals surface area (Å²) < 4.78 is 12.6. The number of carbonyl (C=O) groups excluding carboxylic acids is 1. The minimum Gasteiger partial charge on any atom is -0.387 e. The van der Waals surface area contributed by atoms with Gasteiger partial charge in [-0.15, -0.1) is 0 Å². The molecule has 166 valence electrons. The van der Waals surface area contributed by atoms with Crippen LogP contribution < -0.4 is 5.32 Å². The summed E-state index contributed by atoms with van der Waals surface area (Å²) in [6.45, 7) is 10.0. The normalized spacial score (nSPS) is 24.7. The lowest BCUT2D eigenvalue weighted by molar-refractivity contribution is -0.124. The summed E-state index contributed by atoms with van der Waals surface area (Å²) in [7, 11) is 1.51. The SMILES string of the molecule is COC[C@H]1O[C@@H](n2cc(C)c3c(NC(=O)C(C)(C)CC(C)C)ncnc32)[C@@H](O)C1O. The van der Waals surface area contributed by atoms with Crippen LogP contribution in [0.5, 0.6) is 0 Å². The molecule has 0 bridgehead atoms. The van der Waals surface area contributed by atoms with Crippen LogP contribution in [-0.2, 0) is 14.3 Å². The number of aryl methyl sites for hydroxylation is 1. The first-order chi connectivity index (χ1) is 14.1. The number of nitrogens with one attached hydrogen (secondary N) is 1. The minimum absolute atomic E-state index is 0.115. The fourth-order valence-electron chi connectivity index (χ4n) is 4.21. The molecule has 2 aromatic rings. The second-order valence-corrected chi connectivity index (χ2v) is 9.08. The highest BCUT2D eigenvalue weighted by Gasteiger charge is 2.44. The number of aromatic nitrogens is 3. The lowest BCUT2D eigenvalue weighted by Gasteiger charge is -2.25. The number of methoxy groups -OCH3 is 1. The van der Waals surface area contributed by atoms with Gasteiger partial charge in [0, 0.05) is 18.7 Å². The Morgan fingerprint density at radius 3 is 2.67 bits per heavy atom. The van der Waals surface area contributed by atoms with Crippen LogP contribution in [0.2, 0.25) is 0 Å². The third-order valence-electron chi connectivity index (χ3n) is 5.51. The number of amides is 1. The molecule has 1 unspecified atom stereocenters. The van der Waals surface area contributed by atoms with E-state index in [1.807, 2.05) is 20.8 Å². The topological polar surface area (TPSA) is 119 Å². The Morgan fingerprint density at radius 2 is 2.03 bits per heavy atom. The molecule has 3 heterocycles. The Morgan fingerprint density at radius 1 is 1.33 bits per heavy atom. The molecule has 1 amide bonds. The summed E-state index contributed by atoms with van der Waals surface area (Å²) in [6, 6.07) is 0. The second-order valence-electron chi connectivity index (χ2n) is 9.08. The molecule has 30 heavy (non-hydrogen) atoms. The number of hydrogen-bond donors (Lipinski definition) is 3. The summed E-state index contributed by atoms with van der Waals surface area (Å²) in [6.07, 6.45) is 0.201. The molecule has 9 heteroatoms. The number of nitrogens with zero attached hydrogens (tertiary/aromatic N) is 3. The highest BCUT2D eigenvalue weighted by Crippen LogP contribution is 2.35. The van der Waals surface area contributed by atoms with E-state index in [9.17, 15) is 15.0 Å². The van der Waals surface area contributed by atoms with Crippen molar-refractivity contribution in [1.82, 2.24) is 14.5 Å². The zero-order valence-electron chi connectivity index (χ0n) is 18.4. The van der Waals surface area contributed by atoms with E-state index in [0.717, 1.165) is 12.0 Å². The Hall–Kier alpha value is -2.07. The van der Waals surface area contributed by atoms with E-state index in [2.05, 4.69) is 29.1 Å². The van der Waals surface area contributed by atoms with Gasteiger partial charge in [0.05, 0.1) is 12.0 Å². The lowest BCUT2D eigenvalue weighted by Crippen LogP contribution is -2.33. The Labute approximate surface area is 176 Å². The van der Waals surface area contributed by atoms with Crippen molar-refractivity contribution in [2.45, 2.75) is 65.6 Å². The van der Waals surface area contributed by atoms with Crippen molar-refractivity contribution in [3.05, 3.63) is 18.1 Å². The predicted octanol–water partition coefficient (Wildman–Crippen LogP) is 2.02. The first-order valence-electron chi connectivity index (χ1n) is 10.2. The zero-order chi connectivity index (χ0) is 22.2. The fraction of sp³-hybridized carbons (Fsp3) is 0.667. The first-order valence-corrected chi connectivity index (χ1v) is 10.2. The van der Waals surface area contributed by atoms with Crippen molar-refractivity contribution in [2.24, 2.45) is 11.3 Å². The molecule has 4 atom stereocenters. The molecule has 0 saturated carbocycles.